The van der Waals surface area contributed by atoms with E-state index in [-0.39, 0.29) is 0 Å². The number of likely N-dealkylation sites (tertiary alicyclic amines) is 1. The van der Waals surface area contributed by atoms with Crippen LogP contribution < -0.4 is 0 Å². The van der Waals surface area contributed by atoms with Gasteiger partial charge in [-0.05, 0) is 25.9 Å². The molecule has 1 saturated heterocycles. The van der Waals surface area contributed by atoms with Crippen LogP contribution in [0.5, 0.6) is 0 Å². The zero-order chi connectivity index (χ0) is 7.94. The van der Waals surface area contributed by atoms with Gasteiger partial charge < -0.3 is 0 Å². The molecule has 0 N–H and O–H groups in total. The van der Waals surface area contributed by atoms with Gasteiger partial charge in [0.25, 0.3) is 0 Å². The maximum absolute atomic E-state index is 3.64. The molecule has 0 spiro atoms. The van der Waals surface area contributed by atoms with Gasteiger partial charge in [-0.2, -0.15) is 0 Å². The Bertz CT molecular complexity index is 132. The first-order chi connectivity index (χ1) is 5.43. The van der Waals surface area contributed by atoms with E-state index in [1.54, 1.807) is 0 Å². The maximum Gasteiger partial charge on any atom is 0.0166 e. The van der Waals surface area contributed by atoms with Crippen LogP contribution in [0.25, 0.3) is 0 Å². The van der Waals surface area contributed by atoms with E-state index in [9.17, 15) is 0 Å². The van der Waals surface area contributed by atoms with Gasteiger partial charge in [-0.25, -0.2) is 0 Å². The van der Waals surface area contributed by atoms with Crippen molar-refractivity contribution < 1.29 is 0 Å². The molecular weight excluding hydrogens is 134 g/mol. The van der Waals surface area contributed by atoms with Crippen LogP contribution in [0.3, 0.4) is 0 Å². The van der Waals surface area contributed by atoms with Gasteiger partial charge in [0.2, 0.25) is 0 Å². The number of nitrogens with zero attached hydrogens (tertiary/aromatic N) is 1. The molecule has 1 aliphatic heterocycles. The Morgan fingerprint density at radius 1 is 1.18 bits per heavy atom. The number of allylic oxidation sites excluding steroid dienone is 2. The van der Waals surface area contributed by atoms with Crippen molar-refractivity contribution in [2.45, 2.75) is 19.3 Å². The molecule has 0 amide bonds. The fraction of sp³-hybridized carbons (Fsp3) is 0.600. The largest absolute Gasteiger partial charge is 0.300 e. The van der Waals surface area contributed by atoms with Crippen LogP contribution in [0.4, 0.5) is 0 Å². The second kappa shape index (κ2) is 5.14. The number of piperidine rings is 1. The Morgan fingerprint density at radius 2 is 1.91 bits per heavy atom. The first kappa shape index (κ1) is 8.54. The Kier molecular flexibility index (Phi) is 3.99. The van der Waals surface area contributed by atoms with Gasteiger partial charge in [0, 0.05) is 6.54 Å². The smallest absolute Gasteiger partial charge is 0.0166 e. The van der Waals surface area contributed by atoms with Crippen molar-refractivity contribution in [1.29, 1.82) is 0 Å². The molecule has 0 aromatic carbocycles. The summed E-state index contributed by atoms with van der Waals surface area (Å²) in [6.07, 6.45) is 10.2. The first-order valence-corrected chi connectivity index (χ1v) is 4.43. The highest BCUT2D eigenvalue weighted by Crippen LogP contribution is 2.07. The highest BCUT2D eigenvalue weighted by atomic mass is 15.1. The topological polar surface area (TPSA) is 3.24 Å². The van der Waals surface area contributed by atoms with Crippen molar-refractivity contribution in [1.82, 2.24) is 4.90 Å². The van der Waals surface area contributed by atoms with E-state index in [1.165, 1.54) is 32.4 Å². The lowest BCUT2D eigenvalue weighted by Crippen LogP contribution is -2.29. The molecule has 0 radical (unpaired) electrons. The van der Waals surface area contributed by atoms with E-state index in [2.05, 4.69) is 17.6 Å². The van der Waals surface area contributed by atoms with E-state index in [0.29, 0.717) is 0 Å². The minimum Gasteiger partial charge on any atom is -0.300 e. The Hall–Kier alpha value is -0.560. The summed E-state index contributed by atoms with van der Waals surface area (Å²) in [7, 11) is 0. The predicted octanol–water partition coefficient (Wildman–Crippen LogP) is 2.21. The van der Waals surface area contributed by atoms with Gasteiger partial charge in [-0.3, -0.25) is 4.90 Å². The average Bonchev–Trinajstić information content (AvgIpc) is 2.07. The summed E-state index contributed by atoms with van der Waals surface area (Å²) in [6, 6.07) is 0. The zero-order valence-electron chi connectivity index (χ0n) is 7.13. The van der Waals surface area contributed by atoms with E-state index in [0.717, 1.165) is 6.54 Å². The van der Waals surface area contributed by atoms with Crippen molar-refractivity contribution in [3.8, 4) is 0 Å². The lowest BCUT2D eigenvalue weighted by atomic mass is 10.1. The highest BCUT2D eigenvalue weighted by molar-refractivity contribution is 4.98. The van der Waals surface area contributed by atoms with Crippen LogP contribution in [0.2, 0.25) is 0 Å². The molecule has 0 saturated carbocycles. The average molecular weight is 151 g/mol. The molecule has 0 unspecified atom stereocenters. The monoisotopic (exact) mass is 151 g/mol. The van der Waals surface area contributed by atoms with E-state index in [1.807, 2.05) is 12.2 Å². The van der Waals surface area contributed by atoms with Crippen LogP contribution in [-0.2, 0) is 0 Å². The zero-order valence-corrected chi connectivity index (χ0v) is 7.13. The molecule has 0 atom stereocenters. The van der Waals surface area contributed by atoms with E-state index in [4.69, 9.17) is 0 Å². The lowest BCUT2D eigenvalue weighted by molar-refractivity contribution is 0.251. The molecular formula is C10H17N. The molecule has 1 heterocycles. The predicted molar refractivity (Wildman–Crippen MR) is 49.6 cm³/mol. The third-order valence-electron chi connectivity index (χ3n) is 2.08. The molecule has 0 aromatic rings. The number of hydrogen-bond acceptors (Lipinski definition) is 1. The summed E-state index contributed by atoms with van der Waals surface area (Å²) in [5, 5.41) is 0. The molecule has 0 aromatic heterocycles. The van der Waals surface area contributed by atoms with Gasteiger partial charge in [-0.1, -0.05) is 31.2 Å². The number of hydrogen-bond donors (Lipinski definition) is 0. The van der Waals surface area contributed by atoms with Crippen molar-refractivity contribution in [2.24, 2.45) is 0 Å². The maximum atomic E-state index is 3.64. The highest BCUT2D eigenvalue weighted by Gasteiger charge is 2.06. The summed E-state index contributed by atoms with van der Waals surface area (Å²) >= 11 is 0. The van der Waals surface area contributed by atoms with Crippen LogP contribution in [0, 0.1) is 0 Å². The van der Waals surface area contributed by atoms with Crippen molar-refractivity contribution in [2.75, 3.05) is 19.6 Å². The van der Waals surface area contributed by atoms with Crippen LogP contribution >= 0.6 is 0 Å². The summed E-state index contributed by atoms with van der Waals surface area (Å²) in [5.41, 5.74) is 0. The second-order valence-electron chi connectivity index (χ2n) is 3.03. The first-order valence-electron chi connectivity index (χ1n) is 4.43. The van der Waals surface area contributed by atoms with Gasteiger partial charge in [0.1, 0.15) is 0 Å². The van der Waals surface area contributed by atoms with Crippen molar-refractivity contribution in [3.63, 3.8) is 0 Å². The molecule has 0 bridgehead atoms. The fourth-order valence-electron chi connectivity index (χ4n) is 1.45. The number of rotatable bonds is 3. The summed E-state index contributed by atoms with van der Waals surface area (Å²) in [4.78, 5) is 2.49. The van der Waals surface area contributed by atoms with Crippen LogP contribution in [0.1, 0.15) is 19.3 Å². The molecule has 1 rings (SSSR count). The molecule has 1 nitrogen and oxygen atoms in total. The van der Waals surface area contributed by atoms with Crippen LogP contribution in [0.15, 0.2) is 24.8 Å². The third kappa shape index (κ3) is 3.38. The SMILES string of the molecule is C=C/C=C/CN1CCCCC1. The molecule has 11 heavy (non-hydrogen) atoms. The van der Waals surface area contributed by atoms with Gasteiger partial charge in [0.05, 0.1) is 0 Å². The standard InChI is InChI=1S/C10H17N/c1-2-3-5-8-11-9-6-4-7-10-11/h2-3,5H,1,4,6-10H2/b5-3+. The minimum atomic E-state index is 1.10. The molecule has 1 heteroatoms. The normalized spacial score (nSPS) is 20.7. The quantitative estimate of drug-likeness (QED) is 0.559. The Balaban J connectivity index is 2.14. The Morgan fingerprint density at radius 3 is 2.55 bits per heavy atom. The van der Waals surface area contributed by atoms with Gasteiger partial charge in [-0.15, -0.1) is 0 Å². The summed E-state index contributed by atoms with van der Waals surface area (Å²) in [6.45, 7) is 7.30. The lowest BCUT2D eigenvalue weighted by Gasteiger charge is -2.24. The van der Waals surface area contributed by atoms with Gasteiger partial charge in [0.15, 0.2) is 0 Å². The molecule has 1 fully saturated rings. The van der Waals surface area contributed by atoms with E-state index < -0.39 is 0 Å². The van der Waals surface area contributed by atoms with Crippen molar-refractivity contribution >= 4 is 0 Å². The van der Waals surface area contributed by atoms with Crippen LogP contribution in [-0.4, -0.2) is 24.5 Å². The van der Waals surface area contributed by atoms with Crippen molar-refractivity contribution in [3.05, 3.63) is 24.8 Å². The van der Waals surface area contributed by atoms with Gasteiger partial charge >= 0.3 is 0 Å². The summed E-state index contributed by atoms with van der Waals surface area (Å²) in [5.74, 6) is 0. The second-order valence-corrected chi connectivity index (χ2v) is 3.03. The molecule has 62 valence electrons. The summed E-state index contributed by atoms with van der Waals surface area (Å²) < 4.78 is 0. The minimum absolute atomic E-state index is 1.10. The van der Waals surface area contributed by atoms with E-state index >= 15 is 0 Å². The Labute approximate surface area is 69.4 Å². The fourth-order valence-corrected chi connectivity index (χ4v) is 1.45. The molecule has 0 aliphatic carbocycles. The third-order valence-corrected chi connectivity index (χ3v) is 2.08. The molecule has 1 aliphatic rings.